The highest BCUT2D eigenvalue weighted by molar-refractivity contribution is 5.18. The largest absolute Gasteiger partial charge is 0.375 e. The fraction of sp³-hybridized carbons (Fsp3) is 0.429. The molecular formula is C14H18FN3O2. The van der Waals surface area contributed by atoms with Crippen molar-refractivity contribution in [2.75, 3.05) is 7.11 Å². The zero-order valence-corrected chi connectivity index (χ0v) is 11.6. The second-order valence-corrected chi connectivity index (χ2v) is 4.61. The fourth-order valence-corrected chi connectivity index (χ4v) is 1.88. The van der Waals surface area contributed by atoms with Crippen molar-refractivity contribution in [2.45, 2.75) is 32.5 Å². The highest BCUT2D eigenvalue weighted by Gasteiger charge is 2.10. The highest BCUT2D eigenvalue weighted by Crippen LogP contribution is 2.09. The maximum Gasteiger partial charge on any atom is 0.252 e. The number of nitrogens with one attached hydrogen (secondary N) is 1. The van der Waals surface area contributed by atoms with Crippen molar-refractivity contribution < 1.29 is 13.7 Å². The summed E-state index contributed by atoms with van der Waals surface area (Å²) in [6.07, 6.45) is 0.607. The molecule has 0 saturated carbocycles. The van der Waals surface area contributed by atoms with Crippen LogP contribution in [0, 0.1) is 5.82 Å². The van der Waals surface area contributed by atoms with Gasteiger partial charge in [0.05, 0.1) is 6.54 Å². The zero-order chi connectivity index (χ0) is 14.4. The number of benzene rings is 1. The van der Waals surface area contributed by atoms with Gasteiger partial charge in [0, 0.05) is 13.2 Å². The standard InChI is InChI=1S/C14H18FN3O2/c1-10(7-11-5-3-4-6-12(11)15)16-8-13-17-14(9-19-2)20-18-13/h3-6,10,16H,7-9H2,1-2H3/t10-/m0/s1. The van der Waals surface area contributed by atoms with Gasteiger partial charge in [-0.05, 0) is 25.0 Å². The molecule has 0 saturated heterocycles. The summed E-state index contributed by atoms with van der Waals surface area (Å²) < 4.78 is 23.4. The molecule has 1 N–H and O–H groups in total. The molecule has 1 aromatic carbocycles. The van der Waals surface area contributed by atoms with Crippen molar-refractivity contribution in [3.63, 3.8) is 0 Å². The van der Waals surface area contributed by atoms with E-state index >= 15 is 0 Å². The predicted molar refractivity (Wildman–Crippen MR) is 71.4 cm³/mol. The molecule has 0 bridgehead atoms. The maximum absolute atomic E-state index is 13.5. The van der Waals surface area contributed by atoms with Crippen LogP contribution in [0.1, 0.15) is 24.2 Å². The Morgan fingerprint density at radius 2 is 2.20 bits per heavy atom. The topological polar surface area (TPSA) is 60.2 Å². The average molecular weight is 279 g/mol. The average Bonchev–Trinajstić information content (AvgIpc) is 2.87. The Balaban J connectivity index is 1.82. The van der Waals surface area contributed by atoms with Crippen molar-refractivity contribution in [1.82, 2.24) is 15.5 Å². The van der Waals surface area contributed by atoms with E-state index in [9.17, 15) is 4.39 Å². The molecule has 0 radical (unpaired) electrons. The Kier molecular flexibility index (Phi) is 5.20. The van der Waals surface area contributed by atoms with Gasteiger partial charge < -0.3 is 14.6 Å². The highest BCUT2D eigenvalue weighted by atomic mass is 19.1. The van der Waals surface area contributed by atoms with Gasteiger partial charge in [-0.25, -0.2) is 4.39 Å². The number of nitrogens with zero attached hydrogens (tertiary/aromatic N) is 2. The summed E-state index contributed by atoms with van der Waals surface area (Å²) in [5, 5.41) is 7.07. The van der Waals surface area contributed by atoms with E-state index in [2.05, 4.69) is 15.5 Å². The number of ether oxygens (including phenoxy) is 1. The van der Waals surface area contributed by atoms with Gasteiger partial charge >= 0.3 is 0 Å². The molecule has 0 unspecified atom stereocenters. The molecule has 2 aromatic rings. The molecule has 0 fully saturated rings. The van der Waals surface area contributed by atoms with E-state index in [0.29, 0.717) is 36.9 Å². The molecule has 20 heavy (non-hydrogen) atoms. The number of rotatable bonds is 7. The van der Waals surface area contributed by atoms with Gasteiger partial charge in [-0.3, -0.25) is 0 Å². The Labute approximate surface area is 117 Å². The van der Waals surface area contributed by atoms with Gasteiger partial charge in [-0.2, -0.15) is 4.98 Å². The summed E-state index contributed by atoms with van der Waals surface area (Å²) >= 11 is 0. The third-order valence-electron chi connectivity index (χ3n) is 2.87. The second-order valence-electron chi connectivity index (χ2n) is 4.61. The van der Waals surface area contributed by atoms with Gasteiger partial charge in [0.15, 0.2) is 5.82 Å². The van der Waals surface area contributed by atoms with Gasteiger partial charge in [0.2, 0.25) is 0 Å². The number of hydrogen-bond donors (Lipinski definition) is 1. The van der Waals surface area contributed by atoms with Crippen molar-refractivity contribution in [1.29, 1.82) is 0 Å². The number of aromatic nitrogens is 2. The Morgan fingerprint density at radius 1 is 1.40 bits per heavy atom. The van der Waals surface area contributed by atoms with E-state index in [1.54, 1.807) is 19.2 Å². The SMILES string of the molecule is COCc1nc(CN[C@@H](C)Cc2ccccc2F)no1. The first kappa shape index (κ1) is 14.6. The Bertz CT molecular complexity index is 545. The van der Waals surface area contributed by atoms with Crippen LogP contribution in [0.4, 0.5) is 4.39 Å². The van der Waals surface area contributed by atoms with Crippen molar-refractivity contribution in [3.05, 3.63) is 47.4 Å². The molecule has 6 heteroatoms. The Morgan fingerprint density at radius 3 is 2.95 bits per heavy atom. The lowest BCUT2D eigenvalue weighted by Gasteiger charge is -2.12. The number of hydrogen-bond acceptors (Lipinski definition) is 5. The summed E-state index contributed by atoms with van der Waals surface area (Å²) in [6, 6.07) is 6.89. The summed E-state index contributed by atoms with van der Waals surface area (Å²) in [4.78, 5) is 4.16. The van der Waals surface area contributed by atoms with Crippen LogP contribution in [0.15, 0.2) is 28.8 Å². The molecule has 0 aliphatic heterocycles. The van der Waals surface area contributed by atoms with Gasteiger partial charge in [-0.1, -0.05) is 23.4 Å². The van der Waals surface area contributed by atoms with E-state index in [4.69, 9.17) is 9.26 Å². The summed E-state index contributed by atoms with van der Waals surface area (Å²) in [5.41, 5.74) is 0.695. The molecule has 108 valence electrons. The molecule has 5 nitrogen and oxygen atoms in total. The van der Waals surface area contributed by atoms with Crippen molar-refractivity contribution in [3.8, 4) is 0 Å². The van der Waals surface area contributed by atoms with E-state index in [-0.39, 0.29) is 11.9 Å². The van der Waals surface area contributed by atoms with Crippen LogP contribution in [0.5, 0.6) is 0 Å². The third-order valence-corrected chi connectivity index (χ3v) is 2.87. The predicted octanol–water partition coefficient (Wildman–Crippen LogP) is 2.08. The first-order valence-electron chi connectivity index (χ1n) is 6.46. The summed E-state index contributed by atoms with van der Waals surface area (Å²) in [6.45, 7) is 2.77. The molecule has 0 aliphatic carbocycles. The number of methoxy groups -OCH3 is 1. The lowest BCUT2D eigenvalue weighted by Crippen LogP contribution is -2.28. The van der Waals surface area contributed by atoms with E-state index < -0.39 is 0 Å². The first-order valence-corrected chi connectivity index (χ1v) is 6.46. The van der Waals surface area contributed by atoms with Crippen LogP contribution in [-0.2, 0) is 24.3 Å². The van der Waals surface area contributed by atoms with Gasteiger partial charge in [0.1, 0.15) is 12.4 Å². The molecule has 0 aliphatic rings. The molecular weight excluding hydrogens is 261 g/mol. The van der Waals surface area contributed by atoms with Crippen LogP contribution in [0.25, 0.3) is 0 Å². The normalized spacial score (nSPS) is 12.6. The van der Waals surface area contributed by atoms with Crippen LogP contribution >= 0.6 is 0 Å². The third kappa shape index (κ3) is 4.11. The lowest BCUT2D eigenvalue weighted by molar-refractivity contribution is 0.151. The van der Waals surface area contributed by atoms with Gasteiger partial charge in [-0.15, -0.1) is 0 Å². The van der Waals surface area contributed by atoms with E-state index in [0.717, 1.165) is 0 Å². The first-order chi connectivity index (χ1) is 9.69. The second kappa shape index (κ2) is 7.12. The molecule has 0 spiro atoms. The fourth-order valence-electron chi connectivity index (χ4n) is 1.88. The Hall–Kier alpha value is -1.79. The van der Waals surface area contributed by atoms with Crippen LogP contribution < -0.4 is 5.32 Å². The van der Waals surface area contributed by atoms with Crippen LogP contribution in [0.3, 0.4) is 0 Å². The molecule has 0 amide bonds. The van der Waals surface area contributed by atoms with Crippen molar-refractivity contribution in [2.24, 2.45) is 0 Å². The number of halogens is 1. The lowest BCUT2D eigenvalue weighted by atomic mass is 10.1. The molecule has 1 aromatic heterocycles. The zero-order valence-electron chi connectivity index (χ0n) is 11.6. The smallest absolute Gasteiger partial charge is 0.252 e. The maximum atomic E-state index is 13.5. The quantitative estimate of drug-likeness (QED) is 0.840. The van der Waals surface area contributed by atoms with Crippen LogP contribution in [-0.4, -0.2) is 23.3 Å². The van der Waals surface area contributed by atoms with Crippen molar-refractivity contribution >= 4 is 0 Å². The minimum Gasteiger partial charge on any atom is -0.375 e. The van der Waals surface area contributed by atoms with E-state index in [1.165, 1.54) is 6.07 Å². The summed E-state index contributed by atoms with van der Waals surface area (Å²) in [5.74, 6) is 0.839. The van der Waals surface area contributed by atoms with Gasteiger partial charge in [0.25, 0.3) is 5.89 Å². The minimum absolute atomic E-state index is 0.108. The minimum atomic E-state index is -0.178. The monoisotopic (exact) mass is 279 g/mol. The molecule has 1 atom stereocenters. The van der Waals surface area contributed by atoms with Crippen LogP contribution in [0.2, 0.25) is 0 Å². The summed E-state index contributed by atoms with van der Waals surface area (Å²) in [7, 11) is 1.57. The van der Waals surface area contributed by atoms with E-state index in [1.807, 2.05) is 13.0 Å². The molecule has 1 heterocycles. The molecule has 2 rings (SSSR count).